The number of ether oxygens (including phenoxy) is 1. The fraction of sp³-hybridized carbons (Fsp3) is 0.190. The molecule has 3 rings (SSSR count). The number of benzene rings is 1. The van der Waals surface area contributed by atoms with Crippen LogP contribution < -0.4 is 10.9 Å². The number of nitrogens with one attached hydrogen (secondary N) is 1. The molecule has 1 amide bonds. The summed E-state index contributed by atoms with van der Waals surface area (Å²) in [6.07, 6.45) is 0. The highest BCUT2D eigenvalue weighted by atomic mass is 16.5. The van der Waals surface area contributed by atoms with Crippen LogP contribution in [0, 0.1) is 25.2 Å². The molecule has 0 aliphatic rings. The molecule has 0 fully saturated rings. The minimum atomic E-state index is -0.841. The van der Waals surface area contributed by atoms with Gasteiger partial charge in [-0.1, -0.05) is 18.2 Å². The predicted octanol–water partition coefficient (Wildman–Crippen LogP) is 1.86. The Morgan fingerprint density at radius 1 is 1.17 bits per heavy atom. The lowest BCUT2D eigenvalue weighted by Crippen LogP contribution is -2.25. The standard InChI is InChI=1S/C21H19N5O4/c1-13-14(2)26(15-7-5-4-6-8-15)20(16(13)11-22)23-18(27)12-30-21(29)17-9-10-19(28)25(3)24-17/h4-10H,12H2,1-3H3,(H,23,27). The molecule has 0 unspecified atom stereocenters. The monoisotopic (exact) mass is 405 g/mol. The Hall–Kier alpha value is -4.19. The van der Waals surface area contributed by atoms with Gasteiger partial charge >= 0.3 is 5.97 Å². The van der Waals surface area contributed by atoms with Crippen molar-refractivity contribution in [1.29, 1.82) is 5.26 Å². The Labute approximate surface area is 172 Å². The first-order chi connectivity index (χ1) is 14.3. The third kappa shape index (κ3) is 3.98. The molecule has 1 aromatic carbocycles. The molecular formula is C21H19N5O4. The minimum Gasteiger partial charge on any atom is -0.451 e. The Bertz CT molecular complexity index is 1220. The number of anilines is 1. The van der Waals surface area contributed by atoms with Gasteiger partial charge in [-0.3, -0.25) is 14.2 Å². The van der Waals surface area contributed by atoms with Crippen molar-refractivity contribution in [3.8, 4) is 11.8 Å². The molecule has 0 saturated carbocycles. The van der Waals surface area contributed by atoms with E-state index < -0.39 is 18.5 Å². The van der Waals surface area contributed by atoms with Gasteiger partial charge in [-0.15, -0.1) is 0 Å². The number of aromatic nitrogens is 3. The van der Waals surface area contributed by atoms with Gasteiger partial charge in [0, 0.05) is 24.5 Å². The fourth-order valence-electron chi connectivity index (χ4n) is 2.95. The molecule has 0 aliphatic heterocycles. The lowest BCUT2D eigenvalue weighted by molar-refractivity contribution is -0.119. The summed E-state index contributed by atoms with van der Waals surface area (Å²) in [5.41, 5.74) is 2.18. The van der Waals surface area contributed by atoms with E-state index in [0.29, 0.717) is 11.4 Å². The maximum atomic E-state index is 12.5. The van der Waals surface area contributed by atoms with Crippen LogP contribution in [0.1, 0.15) is 27.3 Å². The maximum Gasteiger partial charge on any atom is 0.359 e. The van der Waals surface area contributed by atoms with Crippen molar-refractivity contribution >= 4 is 17.7 Å². The summed E-state index contributed by atoms with van der Waals surface area (Å²) < 4.78 is 7.75. The second-order valence-corrected chi connectivity index (χ2v) is 6.52. The number of nitriles is 1. The summed E-state index contributed by atoms with van der Waals surface area (Å²) in [5.74, 6) is -1.15. The number of aryl methyl sites for hydroxylation is 1. The SMILES string of the molecule is Cc1c(C#N)c(NC(=O)COC(=O)c2ccc(=O)n(C)n2)n(-c2ccccc2)c1C. The zero-order valence-corrected chi connectivity index (χ0v) is 16.7. The second kappa shape index (κ2) is 8.45. The Morgan fingerprint density at radius 3 is 2.50 bits per heavy atom. The molecule has 2 aromatic heterocycles. The molecule has 9 nitrogen and oxygen atoms in total. The molecule has 30 heavy (non-hydrogen) atoms. The fourth-order valence-corrected chi connectivity index (χ4v) is 2.95. The third-order valence-electron chi connectivity index (χ3n) is 4.60. The first-order valence-electron chi connectivity index (χ1n) is 9.02. The van der Waals surface area contributed by atoms with Crippen LogP contribution >= 0.6 is 0 Å². The van der Waals surface area contributed by atoms with Crippen molar-refractivity contribution in [3.63, 3.8) is 0 Å². The normalized spacial score (nSPS) is 10.3. The van der Waals surface area contributed by atoms with Gasteiger partial charge in [-0.05, 0) is 37.6 Å². The summed E-state index contributed by atoms with van der Waals surface area (Å²) in [4.78, 5) is 35.9. The van der Waals surface area contributed by atoms with Gasteiger partial charge in [0.2, 0.25) is 0 Å². The number of hydrogen-bond donors (Lipinski definition) is 1. The molecule has 9 heteroatoms. The van der Waals surface area contributed by atoms with Gasteiger partial charge in [0.15, 0.2) is 12.3 Å². The van der Waals surface area contributed by atoms with E-state index in [2.05, 4.69) is 16.5 Å². The van der Waals surface area contributed by atoms with E-state index in [1.165, 1.54) is 19.2 Å². The van der Waals surface area contributed by atoms with Crippen LogP contribution in [-0.4, -0.2) is 32.8 Å². The summed E-state index contributed by atoms with van der Waals surface area (Å²) in [6.45, 7) is 3.07. The molecule has 0 radical (unpaired) electrons. The van der Waals surface area contributed by atoms with Gasteiger partial charge < -0.3 is 10.1 Å². The van der Waals surface area contributed by atoms with Crippen LogP contribution in [0.15, 0.2) is 47.3 Å². The average molecular weight is 405 g/mol. The molecule has 1 N–H and O–H groups in total. The molecule has 0 aliphatic carbocycles. The highest BCUT2D eigenvalue weighted by molar-refractivity contribution is 5.95. The molecule has 3 aromatic rings. The number of amides is 1. The number of carbonyl (C=O) groups excluding carboxylic acids is 2. The molecule has 2 heterocycles. The van der Waals surface area contributed by atoms with E-state index in [1.54, 1.807) is 11.5 Å². The molecule has 0 saturated heterocycles. The molecule has 0 atom stereocenters. The summed E-state index contributed by atoms with van der Waals surface area (Å²) in [6, 6.07) is 13.8. The van der Waals surface area contributed by atoms with Gasteiger partial charge in [0.25, 0.3) is 11.5 Å². The average Bonchev–Trinajstić information content (AvgIpc) is 2.98. The number of nitrogens with zero attached hydrogens (tertiary/aromatic N) is 4. The number of rotatable bonds is 5. The van der Waals surface area contributed by atoms with Crippen molar-refractivity contribution < 1.29 is 14.3 Å². The van der Waals surface area contributed by atoms with Crippen LogP contribution in [0.3, 0.4) is 0 Å². The van der Waals surface area contributed by atoms with E-state index in [1.807, 2.05) is 37.3 Å². The topological polar surface area (TPSA) is 119 Å². The van der Waals surface area contributed by atoms with E-state index in [9.17, 15) is 19.6 Å². The van der Waals surface area contributed by atoms with Crippen LogP contribution in [0.4, 0.5) is 5.82 Å². The van der Waals surface area contributed by atoms with E-state index in [0.717, 1.165) is 21.6 Å². The van der Waals surface area contributed by atoms with Crippen LogP contribution in [0.2, 0.25) is 0 Å². The van der Waals surface area contributed by atoms with Crippen molar-refractivity contribution in [1.82, 2.24) is 14.3 Å². The Kier molecular flexibility index (Phi) is 5.78. The molecule has 0 bridgehead atoms. The third-order valence-corrected chi connectivity index (χ3v) is 4.60. The Balaban J connectivity index is 1.80. The lowest BCUT2D eigenvalue weighted by atomic mass is 10.2. The van der Waals surface area contributed by atoms with Crippen LogP contribution in [0.5, 0.6) is 0 Å². The predicted molar refractivity (Wildman–Crippen MR) is 108 cm³/mol. The molecule has 152 valence electrons. The largest absolute Gasteiger partial charge is 0.451 e. The zero-order chi connectivity index (χ0) is 21.8. The summed E-state index contributed by atoms with van der Waals surface area (Å²) in [5, 5.41) is 16.0. The first kappa shape index (κ1) is 20.5. The van der Waals surface area contributed by atoms with Crippen molar-refractivity contribution in [2.75, 3.05) is 11.9 Å². The summed E-state index contributed by atoms with van der Waals surface area (Å²) in [7, 11) is 1.40. The zero-order valence-electron chi connectivity index (χ0n) is 16.7. The molecular weight excluding hydrogens is 386 g/mol. The Morgan fingerprint density at radius 2 is 1.87 bits per heavy atom. The molecule has 0 spiro atoms. The number of para-hydroxylation sites is 1. The van der Waals surface area contributed by atoms with Crippen molar-refractivity contribution in [2.45, 2.75) is 13.8 Å². The number of esters is 1. The van der Waals surface area contributed by atoms with Crippen LogP contribution in [0.25, 0.3) is 5.69 Å². The van der Waals surface area contributed by atoms with E-state index in [-0.39, 0.29) is 11.3 Å². The van der Waals surface area contributed by atoms with Gasteiger partial charge in [-0.2, -0.15) is 10.4 Å². The van der Waals surface area contributed by atoms with Gasteiger partial charge in [-0.25, -0.2) is 9.48 Å². The van der Waals surface area contributed by atoms with Crippen LogP contribution in [-0.2, 0) is 16.6 Å². The summed E-state index contributed by atoms with van der Waals surface area (Å²) >= 11 is 0. The van der Waals surface area contributed by atoms with Crippen molar-refractivity contribution in [2.24, 2.45) is 7.05 Å². The second-order valence-electron chi connectivity index (χ2n) is 6.52. The highest BCUT2D eigenvalue weighted by Gasteiger charge is 2.21. The van der Waals surface area contributed by atoms with Gasteiger partial charge in [0.05, 0.1) is 5.56 Å². The van der Waals surface area contributed by atoms with E-state index >= 15 is 0 Å². The number of carbonyl (C=O) groups is 2. The van der Waals surface area contributed by atoms with Crippen molar-refractivity contribution in [3.05, 3.63) is 75.3 Å². The van der Waals surface area contributed by atoms with Gasteiger partial charge in [0.1, 0.15) is 11.9 Å². The van der Waals surface area contributed by atoms with E-state index in [4.69, 9.17) is 4.74 Å². The maximum absolute atomic E-state index is 12.5. The number of hydrogen-bond acceptors (Lipinski definition) is 6. The first-order valence-corrected chi connectivity index (χ1v) is 9.02. The minimum absolute atomic E-state index is 0.0954. The smallest absolute Gasteiger partial charge is 0.359 e. The highest BCUT2D eigenvalue weighted by Crippen LogP contribution is 2.29. The quantitative estimate of drug-likeness (QED) is 0.647. The lowest BCUT2D eigenvalue weighted by Gasteiger charge is -2.13.